The number of benzene rings is 2. The number of halogens is 3. The molecule has 11 heteroatoms. The van der Waals surface area contributed by atoms with E-state index in [4.69, 9.17) is 16.3 Å². The van der Waals surface area contributed by atoms with Gasteiger partial charge in [0.05, 0.1) is 29.0 Å². The fourth-order valence-corrected chi connectivity index (χ4v) is 6.67. The van der Waals surface area contributed by atoms with Crippen LogP contribution in [0.25, 0.3) is 0 Å². The molecule has 3 aliphatic rings. The summed E-state index contributed by atoms with van der Waals surface area (Å²) < 4.78 is 58.6. The van der Waals surface area contributed by atoms with E-state index in [-0.39, 0.29) is 34.4 Å². The fraction of sp³-hybridized carbons (Fsp3) is 0.500. The highest BCUT2D eigenvalue weighted by Crippen LogP contribution is 2.53. The Morgan fingerprint density at radius 1 is 1.10 bits per heavy atom. The van der Waals surface area contributed by atoms with Crippen molar-refractivity contribution in [2.24, 2.45) is 11.3 Å². The lowest BCUT2D eigenvalue weighted by Gasteiger charge is -2.52. The number of piperidine rings is 1. The van der Waals surface area contributed by atoms with Crippen molar-refractivity contribution in [2.45, 2.75) is 51.0 Å². The third-order valence-electron chi connectivity index (χ3n) is 8.10. The Bertz CT molecular complexity index is 1400. The third-order valence-corrected chi connectivity index (χ3v) is 8.97. The van der Waals surface area contributed by atoms with Gasteiger partial charge in [0.15, 0.2) is 0 Å². The van der Waals surface area contributed by atoms with Gasteiger partial charge in [0.2, 0.25) is 10.0 Å². The van der Waals surface area contributed by atoms with Gasteiger partial charge < -0.3 is 9.64 Å². The molecule has 0 bridgehead atoms. The van der Waals surface area contributed by atoms with E-state index >= 15 is 0 Å². The van der Waals surface area contributed by atoms with Gasteiger partial charge in [0, 0.05) is 19.7 Å². The molecule has 0 atom stereocenters. The van der Waals surface area contributed by atoms with E-state index in [1.807, 2.05) is 4.72 Å². The molecule has 0 unspecified atom stereocenters. The van der Waals surface area contributed by atoms with Gasteiger partial charge in [0.1, 0.15) is 11.6 Å². The van der Waals surface area contributed by atoms with Crippen LogP contribution in [-0.2, 0) is 21.4 Å². The summed E-state index contributed by atoms with van der Waals surface area (Å²) in [6.45, 7) is 2.02. The summed E-state index contributed by atoms with van der Waals surface area (Å²) >= 11 is 6.07. The van der Waals surface area contributed by atoms with Gasteiger partial charge in [0.25, 0.3) is 11.8 Å². The Labute approximate surface area is 231 Å². The van der Waals surface area contributed by atoms with Gasteiger partial charge in [-0.15, -0.1) is 0 Å². The Morgan fingerprint density at radius 3 is 2.41 bits per heavy atom. The first-order valence-electron chi connectivity index (χ1n) is 13.1. The number of likely N-dealkylation sites (tertiary alicyclic amines) is 1. The maximum absolute atomic E-state index is 14.7. The number of carbonyl (C=O) groups is 2. The maximum atomic E-state index is 14.7. The lowest BCUT2D eigenvalue weighted by molar-refractivity contribution is -0.0491. The summed E-state index contributed by atoms with van der Waals surface area (Å²) in [5.74, 6) is -1.79. The lowest BCUT2D eigenvalue weighted by atomic mass is 9.58. The number of hydrogen-bond donors (Lipinski definition) is 1. The van der Waals surface area contributed by atoms with Gasteiger partial charge in [-0.25, -0.2) is 21.9 Å². The number of rotatable bonds is 8. The second kappa shape index (κ2) is 10.8. The van der Waals surface area contributed by atoms with E-state index in [9.17, 15) is 26.8 Å². The average Bonchev–Trinajstić information content (AvgIpc) is 3.67. The minimum absolute atomic E-state index is 0.123. The number of nitrogens with one attached hydrogen (secondary N) is 1. The van der Waals surface area contributed by atoms with Crippen LogP contribution >= 0.6 is 11.6 Å². The third kappa shape index (κ3) is 6.44. The van der Waals surface area contributed by atoms with Crippen LogP contribution in [0.4, 0.5) is 8.78 Å². The Kier molecular flexibility index (Phi) is 7.74. The number of carbonyl (C=O) groups excluding carboxylic acids is 2. The molecule has 3 fully saturated rings. The van der Waals surface area contributed by atoms with Crippen molar-refractivity contribution in [1.29, 1.82) is 0 Å². The molecule has 2 saturated carbocycles. The Balaban J connectivity index is 1.11. The van der Waals surface area contributed by atoms with Crippen molar-refractivity contribution in [1.82, 2.24) is 9.62 Å². The summed E-state index contributed by atoms with van der Waals surface area (Å²) in [5.41, 5.74) is 1.75. The van der Waals surface area contributed by atoms with E-state index < -0.39 is 27.6 Å². The molecule has 0 aromatic heterocycles. The maximum Gasteiger partial charge on any atom is 0.267 e. The van der Waals surface area contributed by atoms with Crippen molar-refractivity contribution in [3.05, 3.63) is 69.2 Å². The number of ether oxygens (including phenoxy) is 1. The van der Waals surface area contributed by atoms with Crippen LogP contribution < -0.4 is 4.72 Å². The molecule has 7 nitrogen and oxygen atoms in total. The summed E-state index contributed by atoms with van der Waals surface area (Å²) in [4.78, 5) is 26.9. The molecule has 1 heterocycles. The van der Waals surface area contributed by atoms with E-state index in [1.54, 1.807) is 4.90 Å². The first kappa shape index (κ1) is 28.0. The molecule has 2 amide bonds. The van der Waals surface area contributed by atoms with Gasteiger partial charge in [-0.2, -0.15) is 0 Å². The largest absolute Gasteiger partial charge is 0.376 e. The Hall–Kier alpha value is -2.56. The van der Waals surface area contributed by atoms with Crippen molar-refractivity contribution in [3.8, 4) is 0 Å². The first-order valence-corrected chi connectivity index (χ1v) is 15.4. The summed E-state index contributed by atoms with van der Waals surface area (Å²) in [6.07, 6.45) is 6.50. The predicted molar refractivity (Wildman–Crippen MR) is 142 cm³/mol. The van der Waals surface area contributed by atoms with Crippen LogP contribution in [0.3, 0.4) is 0 Å². The molecule has 1 spiro atoms. The highest BCUT2D eigenvalue weighted by molar-refractivity contribution is 7.89. The Morgan fingerprint density at radius 2 is 1.79 bits per heavy atom. The van der Waals surface area contributed by atoms with Crippen molar-refractivity contribution in [3.63, 3.8) is 0 Å². The molecule has 1 N–H and O–H groups in total. The van der Waals surface area contributed by atoms with Crippen molar-refractivity contribution in [2.75, 3.05) is 26.0 Å². The van der Waals surface area contributed by atoms with E-state index in [1.165, 1.54) is 24.3 Å². The standard InChI is InChI=1S/C28H31ClF2N2O5S/c1-39(36,37)32-26(34)23-12-22(18-2-3-18)19(10-25(23)31)16-38-15-17-13-28(14-17)6-8-33(9-7-28)27(35)21-5-4-20(30)11-24(21)29/h4-5,10-12,17-18H,2-3,6-9,13-16H2,1H3,(H,32,34). The molecule has 39 heavy (non-hydrogen) atoms. The lowest BCUT2D eigenvalue weighted by Crippen LogP contribution is -2.49. The molecule has 210 valence electrons. The second-order valence-electron chi connectivity index (χ2n) is 11.2. The van der Waals surface area contributed by atoms with Crippen LogP contribution in [0, 0.1) is 23.0 Å². The van der Waals surface area contributed by atoms with E-state index in [0.717, 1.165) is 56.4 Å². The van der Waals surface area contributed by atoms with Crippen molar-refractivity contribution < 1.29 is 31.5 Å². The van der Waals surface area contributed by atoms with Gasteiger partial charge in [-0.3, -0.25) is 9.59 Å². The van der Waals surface area contributed by atoms with Gasteiger partial charge in [-0.1, -0.05) is 11.6 Å². The van der Waals surface area contributed by atoms with E-state index in [0.29, 0.717) is 36.7 Å². The van der Waals surface area contributed by atoms with Crippen LogP contribution in [0.1, 0.15) is 76.3 Å². The van der Waals surface area contributed by atoms with Crippen LogP contribution in [-0.4, -0.2) is 51.1 Å². The number of amides is 2. The van der Waals surface area contributed by atoms with Crippen molar-refractivity contribution >= 4 is 33.4 Å². The number of sulfonamides is 1. The highest BCUT2D eigenvalue weighted by Gasteiger charge is 2.46. The predicted octanol–water partition coefficient (Wildman–Crippen LogP) is 5.03. The van der Waals surface area contributed by atoms with E-state index in [2.05, 4.69) is 0 Å². The minimum Gasteiger partial charge on any atom is -0.376 e. The zero-order chi connectivity index (χ0) is 27.9. The molecule has 5 rings (SSSR count). The van der Waals surface area contributed by atoms with Crippen LogP contribution in [0.5, 0.6) is 0 Å². The molecule has 2 aromatic rings. The molecule has 2 aliphatic carbocycles. The zero-order valence-corrected chi connectivity index (χ0v) is 23.2. The number of hydrogen-bond acceptors (Lipinski definition) is 5. The summed E-state index contributed by atoms with van der Waals surface area (Å²) in [7, 11) is -3.80. The first-order chi connectivity index (χ1) is 18.4. The van der Waals surface area contributed by atoms with Gasteiger partial charge >= 0.3 is 0 Å². The van der Waals surface area contributed by atoms with Crippen LogP contribution in [0.15, 0.2) is 30.3 Å². The molecular formula is C28H31ClF2N2O5S. The average molecular weight is 581 g/mol. The highest BCUT2D eigenvalue weighted by atomic mass is 35.5. The summed E-state index contributed by atoms with van der Waals surface area (Å²) in [6, 6.07) is 6.57. The normalized spacial score (nSPS) is 19.1. The molecule has 1 saturated heterocycles. The molecular weight excluding hydrogens is 550 g/mol. The minimum atomic E-state index is -3.80. The molecule has 0 radical (unpaired) electrons. The monoisotopic (exact) mass is 580 g/mol. The molecule has 2 aromatic carbocycles. The SMILES string of the molecule is CS(=O)(=O)NC(=O)c1cc(C2CC2)c(COCC2CC3(CCN(C(=O)c4ccc(F)cc4Cl)CC3)C2)cc1F. The van der Waals surface area contributed by atoms with Crippen LogP contribution in [0.2, 0.25) is 5.02 Å². The number of nitrogens with zero attached hydrogens (tertiary/aromatic N) is 1. The summed E-state index contributed by atoms with van der Waals surface area (Å²) in [5, 5.41) is 0.123. The quantitative estimate of drug-likeness (QED) is 0.473. The zero-order valence-electron chi connectivity index (χ0n) is 21.6. The topological polar surface area (TPSA) is 92.8 Å². The molecule has 1 aliphatic heterocycles. The second-order valence-corrected chi connectivity index (χ2v) is 13.4. The van der Waals surface area contributed by atoms with Gasteiger partial charge in [-0.05, 0) is 97.2 Å². The smallest absolute Gasteiger partial charge is 0.267 e. The fourth-order valence-electron chi connectivity index (χ4n) is 5.97.